The van der Waals surface area contributed by atoms with Gasteiger partial charge in [0.05, 0.1) is 56.4 Å². The topological polar surface area (TPSA) is 238 Å². The molecule has 7 rings (SSSR count). The fourth-order valence-electron chi connectivity index (χ4n) is 7.19. The molecule has 22 heteroatoms. The maximum Gasteiger partial charge on any atom is 0.355 e. The number of aryl methyl sites for hydroxylation is 2. The van der Waals surface area contributed by atoms with Gasteiger partial charge in [0.15, 0.2) is 39.2 Å². The van der Waals surface area contributed by atoms with Gasteiger partial charge < -0.3 is 45.0 Å². The third-order valence-electron chi connectivity index (χ3n) is 10.9. The molecule has 0 spiro atoms. The molecule has 0 atom stereocenters. The summed E-state index contributed by atoms with van der Waals surface area (Å²) in [6.07, 6.45) is 3.09. The smallest absolute Gasteiger partial charge is 0.355 e. The summed E-state index contributed by atoms with van der Waals surface area (Å²) in [6.45, 7) is 3.20. The average Bonchev–Trinajstić information content (AvgIpc) is 4.05. The quantitative estimate of drug-likeness (QED) is 0.0155. The van der Waals surface area contributed by atoms with Crippen LogP contribution in [0, 0.1) is 24.6 Å². The molecule has 3 aromatic carbocycles. The van der Waals surface area contributed by atoms with E-state index in [0.29, 0.717) is 62.8 Å². The van der Waals surface area contributed by atoms with E-state index in [0.717, 1.165) is 26.2 Å². The number of ether oxygens (including phenoxy) is 2. The Labute approximate surface area is 421 Å². The van der Waals surface area contributed by atoms with E-state index in [1.54, 1.807) is 30.1 Å². The number of carboxylic acids is 1. The second kappa shape index (κ2) is 23.8. The SMILES string of the molecule is Cc1cc(N(C)c2nc(C(=O)O)c(CCCOc3ccc(C#CC[N+](C)(C)Cc4ccc(O)c(NC(=O)CCNC(=O)CCOCCN5C(=O)C=CC5=O)c4)cc3F)s2)nnc1Nc1nc2ccccc2s1. The zero-order valence-corrected chi connectivity index (χ0v) is 41.5. The number of aromatic hydroxyl groups is 1. The normalized spacial score (nSPS) is 12.2. The lowest BCUT2D eigenvalue weighted by molar-refractivity contribution is -0.896. The molecule has 374 valence electrons. The predicted molar refractivity (Wildman–Crippen MR) is 270 cm³/mol. The average molecular weight is 1020 g/mol. The van der Waals surface area contributed by atoms with Crippen molar-refractivity contribution in [2.24, 2.45) is 0 Å². The highest BCUT2D eigenvalue weighted by Crippen LogP contribution is 2.33. The maximum atomic E-state index is 15.2. The number of nitrogens with zero attached hydrogens (tertiary/aromatic N) is 7. The number of phenolic OH excluding ortho intramolecular Hbond substituents is 1. The lowest BCUT2D eigenvalue weighted by Gasteiger charge is -2.27. The van der Waals surface area contributed by atoms with Crippen LogP contribution in [0.15, 0.2) is 78.9 Å². The van der Waals surface area contributed by atoms with Crippen LogP contribution in [0.1, 0.15) is 51.3 Å². The molecule has 19 nitrogen and oxygen atoms in total. The summed E-state index contributed by atoms with van der Waals surface area (Å²) < 4.78 is 27.7. The Morgan fingerprint density at radius 2 is 1.72 bits per heavy atom. The van der Waals surface area contributed by atoms with Gasteiger partial charge in [-0.15, -0.1) is 21.5 Å². The molecular formula is C50H52FN10O9S2+. The van der Waals surface area contributed by atoms with E-state index in [1.807, 2.05) is 51.4 Å². The molecule has 1 aliphatic heterocycles. The number of aromatic carboxylic acids is 1. The van der Waals surface area contributed by atoms with Crippen molar-refractivity contribution in [1.29, 1.82) is 0 Å². The van der Waals surface area contributed by atoms with Crippen LogP contribution in [0.4, 0.5) is 32.0 Å². The summed E-state index contributed by atoms with van der Waals surface area (Å²) in [5.41, 5.74) is 3.11. The third kappa shape index (κ3) is 14.2. The van der Waals surface area contributed by atoms with Gasteiger partial charge in [-0.2, -0.15) is 0 Å². The van der Waals surface area contributed by atoms with Gasteiger partial charge in [-0.05, 0) is 85.8 Å². The van der Waals surface area contributed by atoms with Crippen LogP contribution in [0.3, 0.4) is 0 Å². The number of benzene rings is 3. The van der Waals surface area contributed by atoms with Gasteiger partial charge in [-0.1, -0.05) is 29.4 Å². The summed E-state index contributed by atoms with van der Waals surface area (Å²) >= 11 is 2.73. The molecule has 6 aromatic rings. The van der Waals surface area contributed by atoms with Crippen molar-refractivity contribution < 1.29 is 52.5 Å². The summed E-state index contributed by atoms with van der Waals surface area (Å²) in [5.74, 6) is 3.76. The minimum atomic E-state index is -1.16. The Bertz CT molecular complexity index is 3040. The van der Waals surface area contributed by atoms with Crippen molar-refractivity contribution in [3.05, 3.63) is 112 Å². The number of hydrogen-bond acceptors (Lipinski definition) is 16. The molecule has 1 aliphatic rings. The number of aromatic nitrogens is 4. The van der Waals surface area contributed by atoms with Crippen LogP contribution < -0.4 is 25.6 Å². The fraction of sp³-hybridized carbons (Fsp3) is 0.300. The van der Waals surface area contributed by atoms with Crippen LogP contribution in [0.2, 0.25) is 0 Å². The highest BCUT2D eigenvalue weighted by Gasteiger charge is 2.24. The van der Waals surface area contributed by atoms with Crippen LogP contribution in [-0.2, 0) is 36.9 Å². The van der Waals surface area contributed by atoms with E-state index < -0.39 is 29.5 Å². The van der Waals surface area contributed by atoms with Crippen LogP contribution >= 0.6 is 22.7 Å². The van der Waals surface area contributed by atoms with E-state index in [1.165, 1.54) is 53.0 Å². The zero-order valence-electron chi connectivity index (χ0n) is 39.9. The van der Waals surface area contributed by atoms with Gasteiger partial charge in [-0.3, -0.25) is 24.1 Å². The van der Waals surface area contributed by atoms with E-state index in [4.69, 9.17) is 9.47 Å². The summed E-state index contributed by atoms with van der Waals surface area (Å²) in [6, 6.07) is 19.0. The number of nitrogens with one attached hydrogen (secondary N) is 3. The predicted octanol–water partition coefficient (Wildman–Crippen LogP) is 6.32. The van der Waals surface area contributed by atoms with Gasteiger partial charge in [0.25, 0.3) is 11.8 Å². The van der Waals surface area contributed by atoms with Gasteiger partial charge in [0.2, 0.25) is 11.8 Å². The minimum absolute atomic E-state index is 0.0282. The number of hydrogen-bond donors (Lipinski definition) is 5. The molecule has 4 heterocycles. The van der Waals surface area contributed by atoms with E-state index in [2.05, 4.69) is 48.0 Å². The Balaban J connectivity index is 0.826. The molecule has 0 saturated heterocycles. The Morgan fingerprint density at radius 3 is 2.47 bits per heavy atom. The molecule has 0 radical (unpaired) electrons. The first-order chi connectivity index (χ1) is 34.5. The number of thiazole rings is 2. The van der Waals surface area contributed by atoms with Gasteiger partial charge >= 0.3 is 5.97 Å². The summed E-state index contributed by atoms with van der Waals surface area (Å²) in [4.78, 5) is 72.4. The van der Waals surface area contributed by atoms with Crippen molar-refractivity contribution in [3.8, 4) is 23.3 Å². The summed E-state index contributed by atoms with van der Waals surface area (Å²) in [5, 5.41) is 38.8. The van der Waals surface area contributed by atoms with Crippen LogP contribution in [0.5, 0.6) is 11.5 Å². The number of para-hydroxylation sites is 1. The van der Waals surface area contributed by atoms with E-state index in [-0.39, 0.29) is 74.5 Å². The number of imide groups is 1. The number of anilines is 5. The number of quaternary nitrogens is 1. The second-order valence-electron chi connectivity index (χ2n) is 17.2. The number of carbonyl (C=O) groups excluding carboxylic acids is 4. The van der Waals surface area contributed by atoms with Gasteiger partial charge in [0, 0.05) is 54.6 Å². The van der Waals surface area contributed by atoms with Crippen molar-refractivity contribution in [3.63, 3.8) is 0 Å². The molecule has 0 saturated carbocycles. The Morgan fingerprint density at radius 1 is 0.931 bits per heavy atom. The van der Waals surface area contributed by atoms with Crippen molar-refractivity contribution >= 4 is 90.1 Å². The molecule has 0 bridgehead atoms. The largest absolute Gasteiger partial charge is 0.506 e. The first kappa shape index (κ1) is 52.0. The molecule has 5 N–H and O–H groups in total. The van der Waals surface area contributed by atoms with Crippen molar-refractivity contribution in [2.75, 3.05) is 76.1 Å². The molecule has 0 unspecified atom stereocenters. The second-order valence-corrected chi connectivity index (χ2v) is 19.2. The van der Waals surface area contributed by atoms with Crippen LogP contribution in [0.25, 0.3) is 10.2 Å². The fourth-order valence-corrected chi connectivity index (χ4v) is 9.12. The van der Waals surface area contributed by atoms with Crippen molar-refractivity contribution in [2.45, 2.75) is 39.2 Å². The molecule has 72 heavy (non-hydrogen) atoms. The number of amides is 4. The molecule has 4 amide bonds. The molecule has 3 aromatic heterocycles. The van der Waals surface area contributed by atoms with E-state index in [9.17, 15) is 34.2 Å². The number of carboxylic acid groups (broad SMARTS) is 1. The minimum Gasteiger partial charge on any atom is -0.506 e. The highest BCUT2D eigenvalue weighted by molar-refractivity contribution is 7.22. The highest BCUT2D eigenvalue weighted by atomic mass is 32.1. The van der Waals surface area contributed by atoms with Gasteiger partial charge in [-0.25, -0.2) is 19.2 Å². The number of fused-ring (bicyclic) bond motifs is 1. The number of phenols is 1. The first-order valence-corrected chi connectivity index (χ1v) is 24.3. The molecule has 0 fully saturated rings. The van der Waals surface area contributed by atoms with Gasteiger partial charge in [0.1, 0.15) is 18.8 Å². The Kier molecular flexibility index (Phi) is 17.2. The lowest BCUT2D eigenvalue weighted by atomic mass is 10.1. The van der Waals surface area contributed by atoms with E-state index >= 15 is 4.39 Å². The Hall–Kier alpha value is -7.84. The first-order valence-electron chi connectivity index (χ1n) is 22.7. The van der Waals surface area contributed by atoms with Crippen molar-refractivity contribution in [1.82, 2.24) is 30.4 Å². The zero-order chi connectivity index (χ0) is 51.4. The lowest BCUT2D eigenvalue weighted by Crippen LogP contribution is -2.39. The number of rotatable bonds is 23. The maximum absolute atomic E-state index is 15.2. The number of carbonyl (C=O) groups is 5. The molecule has 0 aliphatic carbocycles. The summed E-state index contributed by atoms with van der Waals surface area (Å²) in [7, 11) is 5.66. The molecular weight excluding hydrogens is 968 g/mol. The standard InChI is InChI=1S/C50H51FN10O9S2/c1-31-27-41(57-58-47(31)56-49-54-35-10-5-6-11-39(35)71-49)59(2)50-55-46(48(67)68)40(72-50)12-8-24-70-38-16-14-32(28-34(38)51)9-7-23-61(3,4)30-33-13-15-37(62)36(29-33)53-43(64)19-21-52-42(63)20-25-69-26-22-60-44(65)17-18-45(60)66/h5-6,10-11,13-18,27-29H,8,12,19-26,30H2,1-4H3,(H4-,52,53,54,56,57,58,62,63,64,65,66,67,68)/p+1. The third-order valence-corrected chi connectivity index (χ3v) is 13.1. The monoisotopic (exact) mass is 1020 g/mol. The number of halogens is 1. The van der Waals surface area contributed by atoms with Crippen LogP contribution in [-0.4, -0.2) is 130 Å².